The summed E-state index contributed by atoms with van der Waals surface area (Å²) in [6.45, 7) is 0. The van der Waals surface area contributed by atoms with Crippen LogP contribution in [0.15, 0.2) is 41.9 Å². The molecule has 0 unspecified atom stereocenters. The first kappa shape index (κ1) is 11.5. The molecule has 0 fully saturated rings. The molecule has 2 rings (SSSR count). The fourth-order valence-electron chi connectivity index (χ4n) is 1.38. The lowest BCUT2D eigenvalue weighted by Crippen LogP contribution is -1.91. The first-order chi connectivity index (χ1) is 8.25. The SMILES string of the molecule is C[N+]([O-])=CC=Cc1ccc(-c2nccs2)cc1. The normalized spacial score (nSPS) is 12.2. The molecular formula is C13H12N2OS. The maximum absolute atomic E-state index is 10.6. The molecule has 0 amide bonds. The molecule has 0 aliphatic heterocycles. The van der Waals surface area contributed by atoms with E-state index in [4.69, 9.17) is 0 Å². The Morgan fingerprint density at radius 2 is 2.06 bits per heavy atom. The van der Waals surface area contributed by atoms with Gasteiger partial charge >= 0.3 is 0 Å². The molecule has 3 nitrogen and oxygen atoms in total. The van der Waals surface area contributed by atoms with Gasteiger partial charge in [-0.3, -0.25) is 0 Å². The highest BCUT2D eigenvalue weighted by Gasteiger charge is 1.98. The van der Waals surface area contributed by atoms with Crippen LogP contribution in [0.5, 0.6) is 0 Å². The summed E-state index contributed by atoms with van der Waals surface area (Å²) in [4.78, 5) is 4.25. The van der Waals surface area contributed by atoms with Crippen LogP contribution in [0.25, 0.3) is 16.6 Å². The summed E-state index contributed by atoms with van der Waals surface area (Å²) in [5.74, 6) is 0. The predicted molar refractivity (Wildman–Crippen MR) is 72.2 cm³/mol. The first-order valence-corrected chi connectivity index (χ1v) is 6.05. The van der Waals surface area contributed by atoms with E-state index in [0.717, 1.165) is 20.9 Å². The Kier molecular flexibility index (Phi) is 3.67. The monoisotopic (exact) mass is 244 g/mol. The Morgan fingerprint density at radius 3 is 2.65 bits per heavy atom. The van der Waals surface area contributed by atoms with E-state index in [1.807, 2.05) is 35.7 Å². The quantitative estimate of drug-likeness (QED) is 0.360. The smallest absolute Gasteiger partial charge is 0.174 e. The number of rotatable bonds is 3. The van der Waals surface area contributed by atoms with Gasteiger partial charge in [0.25, 0.3) is 0 Å². The fraction of sp³-hybridized carbons (Fsp3) is 0.0769. The Bertz CT molecular complexity index is 523. The topological polar surface area (TPSA) is 39.0 Å². The van der Waals surface area contributed by atoms with Gasteiger partial charge in [0.15, 0.2) is 6.21 Å². The fourth-order valence-corrected chi connectivity index (χ4v) is 2.02. The van der Waals surface area contributed by atoms with Crippen LogP contribution in [-0.4, -0.2) is 23.0 Å². The van der Waals surface area contributed by atoms with Crippen molar-refractivity contribution in [3.8, 4) is 10.6 Å². The van der Waals surface area contributed by atoms with E-state index in [9.17, 15) is 5.21 Å². The van der Waals surface area contributed by atoms with Crippen LogP contribution in [0.4, 0.5) is 0 Å². The molecule has 17 heavy (non-hydrogen) atoms. The third-order valence-electron chi connectivity index (χ3n) is 2.17. The first-order valence-electron chi connectivity index (χ1n) is 5.17. The number of hydroxylamine groups is 1. The molecule has 4 heteroatoms. The van der Waals surface area contributed by atoms with Gasteiger partial charge in [0.1, 0.15) is 12.1 Å². The lowest BCUT2D eigenvalue weighted by Gasteiger charge is -1.97. The molecule has 1 aromatic carbocycles. The van der Waals surface area contributed by atoms with Gasteiger partial charge in [0.2, 0.25) is 0 Å². The predicted octanol–water partition coefficient (Wildman–Crippen LogP) is 3.03. The van der Waals surface area contributed by atoms with Crippen molar-refractivity contribution in [1.82, 2.24) is 4.98 Å². The molecule has 86 valence electrons. The third kappa shape index (κ3) is 3.26. The van der Waals surface area contributed by atoms with Crippen LogP contribution in [0.2, 0.25) is 0 Å². The van der Waals surface area contributed by atoms with Crippen molar-refractivity contribution in [2.45, 2.75) is 0 Å². The maximum atomic E-state index is 10.6. The van der Waals surface area contributed by atoms with Gasteiger partial charge in [-0.15, -0.1) is 11.3 Å². The molecule has 0 atom stereocenters. The van der Waals surface area contributed by atoms with Crippen molar-refractivity contribution in [2.24, 2.45) is 0 Å². The highest BCUT2D eigenvalue weighted by molar-refractivity contribution is 7.13. The minimum absolute atomic E-state index is 0.764. The van der Waals surface area contributed by atoms with Crippen molar-refractivity contribution < 1.29 is 4.74 Å². The Labute approximate surface area is 104 Å². The van der Waals surface area contributed by atoms with Gasteiger partial charge in [-0.2, -0.15) is 0 Å². The van der Waals surface area contributed by atoms with Crippen molar-refractivity contribution in [1.29, 1.82) is 0 Å². The number of hydrogen-bond acceptors (Lipinski definition) is 3. The van der Waals surface area contributed by atoms with Gasteiger partial charge in [-0.05, 0) is 11.6 Å². The summed E-state index contributed by atoms with van der Waals surface area (Å²) in [5.41, 5.74) is 2.17. The minimum Gasteiger partial charge on any atom is -0.624 e. The molecule has 1 aromatic heterocycles. The van der Waals surface area contributed by atoms with Crippen LogP contribution in [0.1, 0.15) is 5.56 Å². The number of allylic oxidation sites excluding steroid dienone is 1. The standard InChI is InChI=1S/C13H12N2OS/c1-15(16)9-2-3-11-4-6-12(7-5-11)13-14-8-10-17-13/h2-10H,1H3. The Morgan fingerprint density at radius 1 is 1.29 bits per heavy atom. The maximum Gasteiger partial charge on any atom is 0.174 e. The van der Waals surface area contributed by atoms with Gasteiger partial charge < -0.3 is 5.21 Å². The molecule has 0 aliphatic carbocycles. The summed E-state index contributed by atoms with van der Waals surface area (Å²) in [6.07, 6.45) is 6.88. The molecule has 0 bridgehead atoms. The number of aromatic nitrogens is 1. The number of hydrogen-bond donors (Lipinski definition) is 0. The van der Waals surface area contributed by atoms with E-state index >= 15 is 0 Å². The Balaban J connectivity index is 2.14. The van der Waals surface area contributed by atoms with Crippen LogP contribution in [0.3, 0.4) is 0 Å². The van der Waals surface area contributed by atoms with Gasteiger partial charge in [0.05, 0.1) is 0 Å². The van der Waals surface area contributed by atoms with Crippen molar-refractivity contribution in [3.63, 3.8) is 0 Å². The van der Waals surface area contributed by atoms with E-state index in [1.54, 1.807) is 23.6 Å². The Hall–Kier alpha value is -1.94. The average molecular weight is 244 g/mol. The van der Waals surface area contributed by atoms with Crippen molar-refractivity contribution in [2.75, 3.05) is 7.05 Å². The zero-order chi connectivity index (χ0) is 12.1. The molecule has 0 radical (unpaired) electrons. The zero-order valence-electron chi connectivity index (χ0n) is 9.41. The second-order valence-electron chi connectivity index (χ2n) is 3.51. The van der Waals surface area contributed by atoms with Crippen molar-refractivity contribution in [3.05, 3.63) is 52.7 Å². The van der Waals surface area contributed by atoms with Crippen LogP contribution >= 0.6 is 11.3 Å². The summed E-state index contributed by atoms with van der Waals surface area (Å²) < 4.78 is 0.764. The third-order valence-corrected chi connectivity index (χ3v) is 3.00. The molecule has 1 heterocycles. The van der Waals surface area contributed by atoms with E-state index in [0.29, 0.717) is 0 Å². The van der Waals surface area contributed by atoms with Crippen molar-refractivity contribution >= 4 is 23.6 Å². The van der Waals surface area contributed by atoms with Gasteiger partial charge in [0, 0.05) is 23.2 Å². The summed E-state index contributed by atoms with van der Waals surface area (Å²) >= 11 is 1.62. The lowest BCUT2D eigenvalue weighted by molar-refractivity contribution is -0.416. The van der Waals surface area contributed by atoms with E-state index in [1.165, 1.54) is 13.3 Å². The molecule has 2 aromatic rings. The summed E-state index contributed by atoms with van der Waals surface area (Å²) in [6, 6.07) is 8.07. The second kappa shape index (κ2) is 5.41. The minimum atomic E-state index is 0.764. The number of nitrogens with zero attached hydrogens (tertiary/aromatic N) is 2. The molecule has 0 saturated carbocycles. The lowest BCUT2D eigenvalue weighted by atomic mass is 10.1. The van der Waals surface area contributed by atoms with Gasteiger partial charge in [-0.1, -0.05) is 24.3 Å². The number of benzene rings is 1. The van der Waals surface area contributed by atoms with Crippen LogP contribution in [-0.2, 0) is 0 Å². The van der Waals surface area contributed by atoms with E-state index < -0.39 is 0 Å². The average Bonchev–Trinajstić information content (AvgIpc) is 2.83. The molecule has 0 N–H and O–H groups in total. The molecular weight excluding hydrogens is 232 g/mol. The summed E-state index contributed by atoms with van der Waals surface area (Å²) in [5, 5.41) is 13.6. The van der Waals surface area contributed by atoms with Gasteiger partial charge in [-0.25, -0.2) is 9.72 Å². The second-order valence-corrected chi connectivity index (χ2v) is 4.41. The van der Waals surface area contributed by atoms with Crippen LogP contribution in [0, 0.1) is 5.21 Å². The van der Waals surface area contributed by atoms with E-state index in [2.05, 4.69) is 4.98 Å². The van der Waals surface area contributed by atoms with Crippen LogP contribution < -0.4 is 0 Å². The molecule has 0 spiro atoms. The number of thiazole rings is 1. The highest BCUT2D eigenvalue weighted by Crippen LogP contribution is 2.21. The zero-order valence-corrected chi connectivity index (χ0v) is 10.2. The highest BCUT2D eigenvalue weighted by atomic mass is 32.1. The molecule has 0 aliphatic rings. The van der Waals surface area contributed by atoms with E-state index in [-0.39, 0.29) is 0 Å². The molecule has 0 saturated heterocycles. The summed E-state index contributed by atoms with van der Waals surface area (Å²) in [7, 11) is 1.45. The largest absolute Gasteiger partial charge is 0.624 e.